The van der Waals surface area contributed by atoms with Crippen LogP contribution in [0.1, 0.15) is 9.67 Å². The third-order valence-electron chi connectivity index (χ3n) is 2.36. The van der Waals surface area contributed by atoms with Crippen LogP contribution in [0.25, 0.3) is 0 Å². The summed E-state index contributed by atoms with van der Waals surface area (Å²) >= 11 is 6.85. The summed E-state index contributed by atoms with van der Waals surface area (Å²) in [6.07, 6.45) is 0. The van der Waals surface area contributed by atoms with E-state index in [4.69, 9.17) is 16.3 Å². The van der Waals surface area contributed by atoms with Gasteiger partial charge in [0.25, 0.3) is 0 Å². The molecule has 2 aromatic rings. The van der Waals surface area contributed by atoms with E-state index < -0.39 is 11.8 Å². The number of nitrogens with one attached hydrogen (secondary N) is 1. The molecule has 2 rings (SSSR count). The maximum absolute atomic E-state index is 13.5. The molecule has 0 aliphatic heterocycles. The van der Waals surface area contributed by atoms with E-state index in [-0.39, 0.29) is 15.8 Å². The van der Waals surface area contributed by atoms with Crippen molar-refractivity contribution in [3.63, 3.8) is 0 Å². The Kier molecular flexibility index (Phi) is 4.41. The standard InChI is InChI=1S/C12H10ClFN2O3S/c1-18-8-4-3-6(5-7(8)14)15-12-16-10(13)9(20-12)11(17)19-2/h3-5H,1-2H3,(H,15,16). The molecular formula is C12H10ClFN2O3S. The molecule has 1 aromatic heterocycles. The number of ether oxygens (including phenoxy) is 2. The number of methoxy groups -OCH3 is 2. The van der Waals surface area contributed by atoms with Gasteiger partial charge >= 0.3 is 5.97 Å². The molecule has 0 atom stereocenters. The molecule has 0 aliphatic rings. The van der Waals surface area contributed by atoms with Crippen LogP contribution >= 0.6 is 22.9 Å². The average molecular weight is 317 g/mol. The zero-order valence-corrected chi connectivity index (χ0v) is 12.1. The Bertz CT molecular complexity index is 648. The van der Waals surface area contributed by atoms with E-state index >= 15 is 0 Å². The predicted molar refractivity (Wildman–Crippen MR) is 74.7 cm³/mol. The average Bonchev–Trinajstić information content (AvgIpc) is 2.79. The molecule has 0 aliphatic carbocycles. The van der Waals surface area contributed by atoms with Gasteiger partial charge in [-0.1, -0.05) is 22.9 Å². The van der Waals surface area contributed by atoms with E-state index in [2.05, 4.69) is 15.0 Å². The van der Waals surface area contributed by atoms with Crippen molar-refractivity contribution in [2.75, 3.05) is 19.5 Å². The Hall–Kier alpha value is -1.86. The second-order valence-corrected chi connectivity index (χ2v) is 4.96. The van der Waals surface area contributed by atoms with Gasteiger partial charge in [0.15, 0.2) is 26.7 Å². The Morgan fingerprint density at radius 3 is 2.80 bits per heavy atom. The highest BCUT2D eigenvalue weighted by Gasteiger charge is 2.17. The van der Waals surface area contributed by atoms with Crippen LogP contribution in [0.4, 0.5) is 15.2 Å². The highest BCUT2D eigenvalue weighted by Crippen LogP contribution is 2.30. The monoisotopic (exact) mass is 316 g/mol. The molecular weight excluding hydrogens is 307 g/mol. The lowest BCUT2D eigenvalue weighted by molar-refractivity contribution is 0.0606. The number of carbonyl (C=O) groups excluding carboxylic acids is 1. The van der Waals surface area contributed by atoms with E-state index in [1.165, 1.54) is 26.4 Å². The Balaban J connectivity index is 2.22. The smallest absolute Gasteiger partial charge is 0.351 e. The summed E-state index contributed by atoms with van der Waals surface area (Å²) in [4.78, 5) is 15.5. The fourth-order valence-electron chi connectivity index (χ4n) is 1.44. The number of hydrogen-bond acceptors (Lipinski definition) is 6. The summed E-state index contributed by atoms with van der Waals surface area (Å²) in [5, 5.41) is 3.26. The summed E-state index contributed by atoms with van der Waals surface area (Å²) in [5.74, 6) is -0.933. The Morgan fingerprint density at radius 2 is 2.20 bits per heavy atom. The lowest BCUT2D eigenvalue weighted by atomic mass is 10.3. The molecule has 1 N–H and O–H groups in total. The first-order valence-electron chi connectivity index (χ1n) is 5.40. The minimum atomic E-state index is -0.568. The maximum Gasteiger partial charge on any atom is 0.351 e. The van der Waals surface area contributed by atoms with Gasteiger partial charge in [-0.25, -0.2) is 14.2 Å². The molecule has 0 bridgehead atoms. The molecule has 0 saturated carbocycles. The summed E-state index contributed by atoms with van der Waals surface area (Å²) < 4.78 is 22.9. The summed E-state index contributed by atoms with van der Waals surface area (Å²) in [5.41, 5.74) is 0.463. The largest absolute Gasteiger partial charge is 0.494 e. The molecule has 1 heterocycles. The predicted octanol–water partition coefficient (Wildman–Crippen LogP) is 3.47. The van der Waals surface area contributed by atoms with E-state index in [0.29, 0.717) is 10.8 Å². The van der Waals surface area contributed by atoms with Crippen molar-refractivity contribution in [1.82, 2.24) is 4.98 Å². The van der Waals surface area contributed by atoms with Gasteiger partial charge in [-0.3, -0.25) is 0 Å². The van der Waals surface area contributed by atoms with Crippen molar-refractivity contribution in [2.45, 2.75) is 0 Å². The SMILES string of the molecule is COC(=O)c1sc(Nc2ccc(OC)c(F)c2)nc1Cl. The van der Waals surface area contributed by atoms with E-state index in [1.807, 2.05) is 0 Å². The highest BCUT2D eigenvalue weighted by molar-refractivity contribution is 7.18. The number of anilines is 2. The quantitative estimate of drug-likeness (QED) is 0.875. The summed E-state index contributed by atoms with van der Waals surface area (Å²) in [6, 6.07) is 4.36. The molecule has 0 spiro atoms. The normalized spacial score (nSPS) is 10.2. The molecule has 0 fully saturated rings. The number of carbonyl (C=O) groups is 1. The second kappa shape index (κ2) is 6.06. The third-order valence-corrected chi connectivity index (χ3v) is 3.70. The number of halogens is 2. The second-order valence-electron chi connectivity index (χ2n) is 3.60. The first-order chi connectivity index (χ1) is 9.55. The lowest BCUT2D eigenvalue weighted by Gasteiger charge is -2.05. The fourth-order valence-corrected chi connectivity index (χ4v) is 2.56. The van der Waals surface area contributed by atoms with Crippen LogP contribution in [-0.4, -0.2) is 25.2 Å². The van der Waals surface area contributed by atoms with Crippen LogP contribution in [0.3, 0.4) is 0 Å². The Labute approximate surface area is 123 Å². The van der Waals surface area contributed by atoms with Gasteiger partial charge in [-0.2, -0.15) is 0 Å². The molecule has 0 amide bonds. The maximum atomic E-state index is 13.5. The molecule has 0 saturated heterocycles. The van der Waals surface area contributed by atoms with Crippen LogP contribution in [0.15, 0.2) is 18.2 Å². The molecule has 5 nitrogen and oxygen atoms in total. The molecule has 0 radical (unpaired) electrons. The zero-order valence-electron chi connectivity index (χ0n) is 10.6. The minimum Gasteiger partial charge on any atom is -0.494 e. The number of thiazole rings is 1. The van der Waals surface area contributed by atoms with Gasteiger partial charge in [-0.05, 0) is 12.1 Å². The fraction of sp³-hybridized carbons (Fsp3) is 0.167. The van der Waals surface area contributed by atoms with Crippen molar-refractivity contribution < 1.29 is 18.7 Å². The third kappa shape index (κ3) is 3.00. The zero-order chi connectivity index (χ0) is 14.7. The number of hydrogen-bond donors (Lipinski definition) is 1. The van der Waals surface area contributed by atoms with Gasteiger partial charge in [0.05, 0.1) is 14.2 Å². The van der Waals surface area contributed by atoms with Crippen molar-refractivity contribution in [2.24, 2.45) is 0 Å². The van der Waals surface area contributed by atoms with Gasteiger partial charge in [0.1, 0.15) is 0 Å². The summed E-state index contributed by atoms with van der Waals surface area (Å²) in [6.45, 7) is 0. The van der Waals surface area contributed by atoms with Gasteiger partial charge < -0.3 is 14.8 Å². The van der Waals surface area contributed by atoms with Gasteiger partial charge in [0, 0.05) is 11.8 Å². The first kappa shape index (κ1) is 14.5. The minimum absolute atomic E-state index is 0.0401. The lowest BCUT2D eigenvalue weighted by Crippen LogP contribution is -1.98. The van der Waals surface area contributed by atoms with Crippen molar-refractivity contribution >= 4 is 39.7 Å². The number of benzene rings is 1. The van der Waals surface area contributed by atoms with Crippen LogP contribution in [0, 0.1) is 5.82 Å². The van der Waals surface area contributed by atoms with Crippen LogP contribution < -0.4 is 10.1 Å². The number of esters is 1. The van der Waals surface area contributed by atoms with Gasteiger partial charge in [-0.15, -0.1) is 0 Å². The van der Waals surface area contributed by atoms with Crippen LogP contribution in [0.2, 0.25) is 5.15 Å². The van der Waals surface area contributed by atoms with Crippen molar-refractivity contribution in [1.29, 1.82) is 0 Å². The van der Waals surface area contributed by atoms with E-state index in [1.54, 1.807) is 6.07 Å². The number of rotatable bonds is 4. The van der Waals surface area contributed by atoms with Crippen molar-refractivity contribution in [3.05, 3.63) is 34.0 Å². The Morgan fingerprint density at radius 1 is 1.45 bits per heavy atom. The van der Waals surface area contributed by atoms with Crippen LogP contribution in [0.5, 0.6) is 5.75 Å². The number of aromatic nitrogens is 1. The molecule has 1 aromatic carbocycles. The topological polar surface area (TPSA) is 60.5 Å². The molecule has 0 unspecified atom stereocenters. The number of nitrogens with zero attached hydrogens (tertiary/aromatic N) is 1. The van der Waals surface area contributed by atoms with E-state index in [9.17, 15) is 9.18 Å². The highest BCUT2D eigenvalue weighted by atomic mass is 35.5. The molecule has 20 heavy (non-hydrogen) atoms. The first-order valence-corrected chi connectivity index (χ1v) is 6.59. The summed E-state index contributed by atoms with van der Waals surface area (Å²) in [7, 11) is 2.64. The van der Waals surface area contributed by atoms with Crippen molar-refractivity contribution in [3.8, 4) is 5.75 Å². The van der Waals surface area contributed by atoms with Gasteiger partial charge in [0.2, 0.25) is 0 Å². The van der Waals surface area contributed by atoms with E-state index in [0.717, 1.165) is 11.3 Å². The van der Waals surface area contributed by atoms with Crippen LogP contribution in [-0.2, 0) is 4.74 Å². The molecule has 106 valence electrons. The molecule has 8 heteroatoms.